The zero-order chi connectivity index (χ0) is 18.4. The second-order valence-corrected chi connectivity index (χ2v) is 6.84. The zero-order valence-electron chi connectivity index (χ0n) is 14.4. The summed E-state index contributed by atoms with van der Waals surface area (Å²) in [5.41, 5.74) is 1.81. The predicted molar refractivity (Wildman–Crippen MR) is 102 cm³/mol. The average Bonchev–Trinajstić information content (AvgIpc) is 2.54. The molecule has 0 bridgehead atoms. The first-order chi connectivity index (χ1) is 11.9. The molecule has 0 saturated heterocycles. The van der Waals surface area contributed by atoms with Crippen molar-refractivity contribution >= 4 is 33.4 Å². The highest BCUT2D eigenvalue weighted by molar-refractivity contribution is 9.10. The van der Waals surface area contributed by atoms with Crippen LogP contribution in [0.5, 0.6) is 5.75 Å². The molecule has 25 heavy (non-hydrogen) atoms. The van der Waals surface area contributed by atoms with Gasteiger partial charge in [-0.05, 0) is 56.7 Å². The summed E-state index contributed by atoms with van der Waals surface area (Å²) < 4.78 is 6.51. The molecule has 0 saturated carbocycles. The number of hydrogen-bond donors (Lipinski definition) is 2. The molecule has 0 aliphatic carbocycles. The minimum atomic E-state index is -0.327. The van der Waals surface area contributed by atoms with E-state index in [2.05, 4.69) is 26.6 Å². The van der Waals surface area contributed by atoms with Crippen molar-refractivity contribution in [1.82, 2.24) is 5.32 Å². The lowest BCUT2D eigenvalue weighted by atomic mass is 10.1. The first kappa shape index (κ1) is 19.0. The number of hydrogen-bond acceptors (Lipinski definition) is 3. The third-order valence-electron chi connectivity index (χ3n) is 3.36. The van der Waals surface area contributed by atoms with Gasteiger partial charge in [0.15, 0.2) is 6.61 Å². The summed E-state index contributed by atoms with van der Waals surface area (Å²) in [6.45, 7) is 5.53. The van der Waals surface area contributed by atoms with Crippen LogP contribution >= 0.6 is 15.9 Å². The quantitative estimate of drug-likeness (QED) is 0.766. The van der Waals surface area contributed by atoms with Crippen LogP contribution in [0.2, 0.25) is 0 Å². The van der Waals surface area contributed by atoms with E-state index >= 15 is 0 Å². The van der Waals surface area contributed by atoms with Gasteiger partial charge in [-0.15, -0.1) is 0 Å². The lowest BCUT2D eigenvalue weighted by Gasteiger charge is -2.14. The minimum absolute atomic E-state index is 0.0139. The molecule has 0 fully saturated rings. The standard InChI is InChI=1S/C19H21BrN2O3/c1-12(2)21-19(24)15-6-4-5-7-16(15)22-18(23)11-25-17-9-8-14(20)10-13(17)3/h4-10,12H,11H2,1-3H3,(H,21,24)(H,22,23). The minimum Gasteiger partial charge on any atom is -0.483 e. The molecule has 0 radical (unpaired) electrons. The molecule has 132 valence electrons. The lowest BCUT2D eigenvalue weighted by Crippen LogP contribution is -2.31. The fourth-order valence-corrected chi connectivity index (χ4v) is 2.71. The Morgan fingerprint density at radius 1 is 1.16 bits per heavy atom. The number of carbonyl (C=O) groups excluding carboxylic acids is 2. The number of halogens is 1. The van der Waals surface area contributed by atoms with Crippen molar-refractivity contribution in [3.8, 4) is 5.75 Å². The maximum atomic E-state index is 12.2. The first-order valence-electron chi connectivity index (χ1n) is 7.95. The van der Waals surface area contributed by atoms with E-state index in [0.717, 1.165) is 10.0 Å². The Balaban J connectivity index is 2.02. The van der Waals surface area contributed by atoms with Gasteiger partial charge in [-0.25, -0.2) is 0 Å². The highest BCUT2D eigenvalue weighted by atomic mass is 79.9. The monoisotopic (exact) mass is 404 g/mol. The van der Waals surface area contributed by atoms with Crippen LogP contribution < -0.4 is 15.4 Å². The van der Waals surface area contributed by atoms with E-state index in [1.54, 1.807) is 30.3 Å². The van der Waals surface area contributed by atoms with Crippen LogP contribution in [0, 0.1) is 6.92 Å². The van der Waals surface area contributed by atoms with Crippen LogP contribution in [0.25, 0.3) is 0 Å². The summed E-state index contributed by atoms with van der Waals surface area (Å²) in [7, 11) is 0. The van der Waals surface area contributed by atoms with Gasteiger partial charge in [0, 0.05) is 10.5 Å². The number of benzene rings is 2. The molecule has 5 nitrogen and oxygen atoms in total. The van der Waals surface area contributed by atoms with Crippen LogP contribution in [-0.4, -0.2) is 24.5 Å². The molecule has 2 amide bonds. The smallest absolute Gasteiger partial charge is 0.262 e. The highest BCUT2D eigenvalue weighted by Crippen LogP contribution is 2.22. The molecule has 0 aliphatic heterocycles. The Labute approximate surface area is 155 Å². The third kappa shape index (κ3) is 5.60. The van der Waals surface area contributed by atoms with E-state index in [1.165, 1.54) is 0 Å². The molecular weight excluding hydrogens is 384 g/mol. The third-order valence-corrected chi connectivity index (χ3v) is 3.85. The number of anilines is 1. The van der Waals surface area contributed by atoms with Gasteiger partial charge in [0.2, 0.25) is 0 Å². The van der Waals surface area contributed by atoms with Crippen LogP contribution in [0.1, 0.15) is 29.8 Å². The molecule has 0 aromatic heterocycles. The Hall–Kier alpha value is -2.34. The summed E-state index contributed by atoms with van der Waals surface area (Å²) in [5, 5.41) is 5.55. The summed E-state index contributed by atoms with van der Waals surface area (Å²) >= 11 is 3.39. The van der Waals surface area contributed by atoms with Gasteiger partial charge in [0.05, 0.1) is 11.3 Å². The van der Waals surface area contributed by atoms with E-state index in [1.807, 2.05) is 32.9 Å². The number of carbonyl (C=O) groups is 2. The highest BCUT2D eigenvalue weighted by Gasteiger charge is 2.14. The summed E-state index contributed by atoms with van der Waals surface area (Å²) in [5.74, 6) is 0.0897. The molecule has 0 unspecified atom stereocenters. The maximum Gasteiger partial charge on any atom is 0.262 e. The number of rotatable bonds is 6. The Morgan fingerprint density at radius 3 is 2.56 bits per heavy atom. The molecule has 6 heteroatoms. The van der Waals surface area contributed by atoms with E-state index in [9.17, 15) is 9.59 Å². The van der Waals surface area contributed by atoms with Crippen molar-refractivity contribution in [3.05, 3.63) is 58.1 Å². The summed E-state index contributed by atoms with van der Waals surface area (Å²) in [6.07, 6.45) is 0. The topological polar surface area (TPSA) is 67.4 Å². The largest absolute Gasteiger partial charge is 0.483 e. The van der Waals surface area contributed by atoms with Gasteiger partial charge in [-0.1, -0.05) is 28.1 Å². The Morgan fingerprint density at radius 2 is 1.88 bits per heavy atom. The van der Waals surface area contributed by atoms with Crippen molar-refractivity contribution in [2.75, 3.05) is 11.9 Å². The van der Waals surface area contributed by atoms with Crippen molar-refractivity contribution in [1.29, 1.82) is 0 Å². The fourth-order valence-electron chi connectivity index (χ4n) is 2.23. The lowest BCUT2D eigenvalue weighted by molar-refractivity contribution is -0.118. The van der Waals surface area contributed by atoms with Crippen LogP contribution in [0.4, 0.5) is 5.69 Å². The number of nitrogens with one attached hydrogen (secondary N) is 2. The van der Waals surface area contributed by atoms with Gasteiger partial charge < -0.3 is 15.4 Å². The normalized spacial score (nSPS) is 10.4. The number of amides is 2. The molecule has 0 spiro atoms. The van der Waals surface area contributed by atoms with E-state index in [4.69, 9.17) is 4.74 Å². The van der Waals surface area contributed by atoms with Crippen molar-refractivity contribution in [3.63, 3.8) is 0 Å². The first-order valence-corrected chi connectivity index (χ1v) is 8.75. The molecule has 0 atom stereocenters. The maximum absolute atomic E-state index is 12.2. The predicted octanol–water partition coefficient (Wildman–Crippen LogP) is 3.91. The van der Waals surface area contributed by atoms with Crippen LogP contribution in [0.3, 0.4) is 0 Å². The molecule has 2 aromatic rings. The Bertz CT molecular complexity index is 775. The molecular formula is C19H21BrN2O3. The van der Waals surface area contributed by atoms with E-state index in [0.29, 0.717) is 17.0 Å². The second-order valence-electron chi connectivity index (χ2n) is 5.92. The van der Waals surface area contributed by atoms with E-state index in [-0.39, 0.29) is 24.5 Å². The van der Waals surface area contributed by atoms with Gasteiger partial charge in [0.1, 0.15) is 5.75 Å². The van der Waals surface area contributed by atoms with Crippen LogP contribution in [-0.2, 0) is 4.79 Å². The van der Waals surface area contributed by atoms with E-state index < -0.39 is 0 Å². The fraction of sp³-hybridized carbons (Fsp3) is 0.263. The summed E-state index contributed by atoms with van der Waals surface area (Å²) in [6, 6.07) is 12.5. The molecule has 2 rings (SSSR count). The molecule has 0 heterocycles. The Kier molecular flexibility index (Phi) is 6.58. The molecule has 0 aliphatic rings. The number of para-hydroxylation sites is 1. The summed E-state index contributed by atoms with van der Waals surface area (Å²) in [4.78, 5) is 24.4. The zero-order valence-corrected chi connectivity index (χ0v) is 16.0. The SMILES string of the molecule is Cc1cc(Br)ccc1OCC(=O)Nc1ccccc1C(=O)NC(C)C. The van der Waals surface area contributed by atoms with Gasteiger partial charge >= 0.3 is 0 Å². The van der Waals surface area contributed by atoms with Gasteiger partial charge in [-0.2, -0.15) is 0 Å². The van der Waals surface area contributed by atoms with Crippen molar-refractivity contribution < 1.29 is 14.3 Å². The van der Waals surface area contributed by atoms with Crippen molar-refractivity contribution in [2.45, 2.75) is 26.8 Å². The van der Waals surface area contributed by atoms with Gasteiger partial charge in [-0.3, -0.25) is 9.59 Å². The van der Waals surface area contributed by atoms with Crippen LogP contribution in [0.15, 0.2) is 46.9 Å². The van der Waals surface area contributed by atoms with Crippen molar-refractivity contribution in [2.24, 2.45) is 0 Å². The number of ether oxygens (including phenoxy) is 1. The molecule has 2 N–H and O–H groups in total. The number of aryl methyl sites for hydroxylation is 1. The second kappa shape index (κ2) is 8.67. The van der Waals surface area contributed by atoms with Gasteiger partial charge in [0.25, 0.3) is 11.8 Å². The average molecular weight is 405 g/mol. The molecule has 2 aromatic carbocycles.